The number of nitrogens with one attached hydrogen (secondary N) is 1. The fourth-order valence-electron chi connectivity index (χ4n) is 3.89. The Balaban J connectivity index is 2.12. The second kappa shape index (κ2) is 10.5. The van der Waals surface area contributed by atoms with Crippen LogP contribution in [0.5, 0.6) is 0 Å². The van der Waals surface area contributed by atoms with E-state index in [1.165, 1.54) is 7.05 Å². The maximum atomic E-state index is 12.8. The number of rotatable bonds is 10. The van der Waals surface area contributed by atoms with Crippen LogP contribution in [0.4, 0.5) is 11.4 Å². The van der Waals surface area contributed by atoms with Gasteiger partial charge in [0.05, 0.1) is 23.8 Å². The van der Waals surface area contributed by atoms with E-state index in [1.807, 2.05) is 19.1 Å². The Bertz CT molecular complexity index is 1350. The number of carbonyl (C=O) groups is 1. The van der Waals surface area contributed by atoms with E-state index in [9.17, 15) is 21.6 Å². The molecule has 0 heterocycles. The van der Waals surface area contributed by atoms with Gasteiger partial charge < -0.3 is 11.1 Å². The standard InChI is InChI=1S/C24H31N3O6S2/c1-15-5-9-17(10-6-15)27-23(24(28)26-2)20-13-18(16-7-8-16)19(14-21(20)25)22(34(3,29)30)11-12-33-35(4,31)32/h5-6,9-10,13-14,16,22H,7-8,11-12,25H2,1-4H3,(H,26,28). The summed E-state index contributed by atoms with van der Waals surface area (Å²) in [6.07, 6.45) is 3.71. The van der Waals surface area contributed by atoms with E-state index in [0.29, 0.717) is 16.8 Å². The molecule has 2 aromatic rings. The second-order valence-electron chi connectivity index (χ2n) is 8.85. The van der Waals surface area contributed by atoms with Crippen LogP contribution in [0.1, 0.15) is 52.7 Å². The number of sulfone groups is 1. The highest BCUT2D eigenvalue weighted by Crippen LogP contribution is 2.46. The van der Waals surface area contributed by atoms with E-state index >= 15 is 0 Å². The molecule has 3 rings (SSSR count). The Labute approximate surface area is 206 Å². The lowest BCUT2D eigenvalue weighted by Crippen LogP contribution is -2.29. The molecule has 1 fully saturated rings. The first-order valence-electron chi connectivity index (χ1n) is 11.1. The zero-order chi connectivity index (χ0) is 26.0. The van der Waals surface area contributed by atoms with Crippen molar-refractivity contribution in [2.45, 2.75) is 37.4 Å². The number of likely N-dealkylation sites (N-methyl/N-ethyl adjacent to an activating group) is 1. The largest absolute Gasteiger partial charge is 0.398 e. The Hall–Kier alpha value is -2.76. The number of nitrogens with zero attached hydrogens (tertiary/aromatic N) is 1. The van der Waals surface area contributed by atoms with Crippen molar-refractivity contribution >= 4 is 42.9 Å². The summed E-state index contributed by atoms with van der Waals surface area (Å²) in [5.74, 6) is -0.303. The van der Waals surface area contributed by atoms with E-state index in [2.05, 4.69) is 10.3 Å². The average molecular weight is 522 g/mol. The van der Waals surface area contributed by atoms with Crippen molar-refractivity contribution in [3.8, 4) is 0 Å². The van der Waals surface area contributed by atoms with Gasteiger partial charge in [0.15, 0.2) is 9.84 Å². The summed E-state index contributed by atoms with van der Waals surface area (Å²) in [5.41, 5.74) is 10.0. The Morgan fingerprint density at radius 2 is 1.77 bits per heavy atom. The summed E-state index contributed by atoms with van der Waals surface area (Å²) in [6.45, 7) is 1.67. The maximum absolute atomic E-state index is 12.8. The summed E-state index contributed by atoms with van der Waals surface area (Å²) >= 11 is 0. The third-order valence-corrected chi connectivity index (χ3v) is 7.90. The molecule has 0 spiro atoms. The minimum Gasteiger partial charge on any atom is -0.398 e. The molecule has 9 nitrogen and oxygen atoms in total. The van der Waals surface area contributed by atoms with E-state index < -0.39 is 31.1 Å². The number of aryl methyl sites for hydroxylation is 1. The minimum absolute atomic E-state index is 0.0514. The third kappa shape index (κ3) is 7.12. The van der Waals surface area contributed by atoms with Gasteiger partial charge in [0, 0.05) is 24.6 Å². The van der Waals surface area contributed by atoms with Gasteiger partial charge in [-0.3, -0.25) is 8.98 Å². The monoisotopic (exact) mass is 521 g/mol. The molecule has 190 valence electrons. The normalized spacial score (nSPS) is 15.6. The highest BCUT2D eigenvalue weighted by atomic mass is 32.2. The van der Waals surface area contributed by atoms with Crippen molar-refractivity contribution in [2.75, 3.05) is 31.9 Å². The fraction of sp³-hybridized carbons (Fsp3) is 0.417. The van der Waals surface area contributed by atoms with E-state index in [-0.39, 0.29) is 30.3 Å². The molecule has 3 N–H and O–H groups in total. The molecule has 1 aliphatic carbocycles. The molecule has 0 saturated heterocycles. The van der Waals surface area contributed by atoms with Gasteiger partial charge in [-0.05, 0) is 67.5 Å². The number of nitrogens with two attached hydrogens (primary N) is 1. The van der Waals surface area contributed by atoms with Crippen LogP contribution in [0.25, 0.3) is 0 Å². The Kier molecular flexibility index (Phi) is 8.03. The van der Waals surface area contributed by atoms with Crippen molar-refractivity contribution < 1.29 is 25.8 Å². The summed E-state index contributed by atoms with van der Waals surface area (Å²) in [6, 6.07) is 10.7. The highest BCUT2D eigenvalue weighted by Gasteiger charge is 2.34. The van der Waals surface area contributed by atoms with Crippen molar-refractivity contribution in [3.05, 3.63) is 58.7 Å². The van der Waals surface area contributed by atoms with Crippen molar-refractivity contribution in [1.82, 2.24) is 5.32 Å². The van der Waals surface area contributed by atoms with Gasteiger partial charge in [0.25, 0.3) is 16.0 Å². The lowest BCUT2D eigenvalue weighted by atomic mass is 9.93. The van der Waals surface area contributed by atoms with Crippen LogP contribution in [0.2, 0.25) is 0 Å². The van der Waals surface area contributed by atoms with Crippen LogP contribution >= 0.6 is 0 Å². The minimum atomic E-state index is -3.71. The van der Waals surface area contributed by atoms with Crippen molar-refractivity contribution in [3.63, 3.8) is 0 Å². The predicted molar refractivity (Wildman–Crippen MR) is 137 cm³/mol. The first kappa shape index (κ1) is 26.8. The zero-order valence-corrected chi connectivity index (χ0v) is 21.9. The van der Waals surface area contributed by atoms with E-state index in [1.54, 1.807) is 24.3 Å². The number of hydrogen-bond acceptors (Lipinski definition) is 8. The molecular formula is C24H31N3O6S2. The molecule has 1 atom stereocenters. The van der Waals surface area contributed by atoms with Crippen LogP contribution in [0.3, 0.4) is 0 Å². The Morgan fingerprint density at radius 3 is 2.29 bits per heavy atom. The van der Waals surface area contributed by atoms with Gasteiger partial charge in [-0.15, -0.1) is 0 Å². The molecule has 1 unspecified atom stereocenters. The number of carbonyl (C=O) groups excluding carboxylic acids is 1. The fourth-order valence-corrected chi connectivity index (χ4v) is 5.48. The molecule has 0 radical (unpaired) electrons. The lowest BCUT2D eigenvalue weighted by molar-refractivity contribution is -0.114. The molecule has 11 heteroatoms. The molecule has 1 saturated carbocycles. The summed E-state index contributed by atoms with van der Waals surface area (Å²) in [7, 11) is -5.84. The maximum Gasteiger partial charge on any atom is 0.270 e. The number of amides is 1. The number of benzene rings is 2. The van der Waals surface area contributed by atoms with Crippen molar-refractivity contribution in [2.24, 2.45) is 4.99 Å². The summed E-state index contributed by atoms with van der Waals surface area (Å²) < 4.78 is 53.0. The molecule has 1 amide bonds. The first-order valence-corrected chi connectivity index (χ1v) is 14.9. The van der Waals surface area contributed by atoms with Gasteiger partial charge in [-0.2, -0.15) is 8.42 Å². The van der Waals surface area contributed by atoms with Gasteiger partial charge >= 0.3 is 0 Å². The van der Waals surface area contributed by atoms with Crippen LogP contribution in [0.15, 0.2) is 41.4 Å². The molecule has 0 aliphatic heterocycles. The first-order chi connectivity index (χ1) is 16.3. The number of anilines is 1. The molecule has 1 aliphatic rings. The average Bonchev–Trinajstić information content (AvgIpc) is 3.60. The van der Waals surface area contributed by atoms with Gasteiger partial charge in [0.1, 0.15) is 5.71 Å². The molecule has 35 heavy (non-hydrogen) atoms. The zero-order valence-electron chi connectivity index (χ0n) is 20.2. The lowest BCUT2D eigenvalue weighted by Gasteiger charge is -2.21. The van der Waals surface area contributed by atoms with E-state index in [0.717, 1.165) is 36.5 Å². The SMILES string of the molecule is CNC(=O)C(=Nc1ccc(C)cc1)c1cc(C2CC2)c(C(CCOS(C)(=O)=O)S(C)(=O)=O)cc1N. The van der Waals surface area contributed by atoms with Crippen molar-refractivity contribution in [1.29, 1.82) is 0 Å². The topological polar surface area (TPSA) is 145 Å². The predicted octanol–water partition coefficient (Wildman–Crippen LogP) is 2.77. The van der Waals surface area contributed by atoms with Crippen LogP contribution in [-0.2, 0) is 28.9 Å². The molecule has 0 bridgehead atoms. The number of nitrogen functional groups attached to an aromatic ring is 1. The number of aliphatic imine (C=N–C) groups is 1. The molecule has 2 aromatic carbocycles. The second-order valence-corrected chi connectivity index (χ2v) is 12.7. The van der Waals surface area contributed by atoms with Crippen LogP contribution in [-0.4, -0.2) is 54.6 Å². The Morgan fingerprint density at radius 1 is 1.14 bits per heavy atom. The summed E-state index contributed by atoms with van der Waals surface area (Å²) in [4.78, 5) is 17.3. The number of hydrogen-bond donors (Lipinski definition) is 2. The molecular weight excluding hydrogens is 490 g/mol. The van der Waals surface area contributed by atoms with Gasteiger partial charge in [-0.1, -0.05) is 17.7 Å². The van der Waals surface area contributed by atoms with Crippen LogP contribution in [0, 0.1) is 6.92 Å². The summed E-state index contributed by atoms with van der Waals surface area (Å²) in [5, 5.41) is 1.59. The third-order valence-electron chi connectivity index (χ3n) is 5.79. The van der Waals surface area contributed by atoms with E-state index in [4.69, 9.17) is 9.92 Å². The van der Waals surface area contributed by atoms with Crippen LogP contribution < -0.4 is 11.1 Å². The highest BCUT2D eigenvalue weighted by molar-refractivity contribution is 7.91. The van der Waals surface area contributed by atoms with Gasteiger partial charge in [-0.25, -0.2) is 13.4 Å². The molecule has 0 aromatic heterocycles. The smallest absolute Gasteiger partial charge is 0.270 e. The van der Waals surface area contributed by atoms with Gasteiger partial charge in [0.2, 0.25) is 0 Å². The quantitative estimate of drug-likeness (QED) is 0.278.